The average molecular weight is 337 g/mol. The number of nitrogens with zero attached hydrogens (tertiary/aromatic N) is 1. The van der Waals surface area contributed by atoms with Crippen LogP contribution in [0.3, 0.4) is 0 Å². The van der Waals surface area contributed by atoms with E-state index in [0.717, 1.165) is 5.56 Å². The van der Waals surface area contributed by atoms with Gasteiger partial charge in [0.2, 0.25) is 11.8 Å². The third-order valence-electron chi connectivity index (χ3n) is 4.60. The maximum Gasteiger partial charge on any atom is 0.239 e. The molecule has 0 aliphatic carbocycles. The number of rotatable bonds is 9. The van der Waals surface area contributed by atoms with Crippen LogP contribution < -0.4 is 11.1 Å². The maximum atomic E-state index is 12.9. The second-order valence-corrected chi connectivity index (χ2v) is 5.91. The van der Waals surface area contributed by atoms with Gasteiger partial charge in [-0.3, -0.25) is 9.59 Å². The second-order valence-electron chi connectivity index (χ2n) is 5.91. The van der Waals surface area contributed by atoms with E-state index in [2.05, 4.69) is 5.32 Å². The van der Waals surface area contributed by atoms with Crippen molar-refractivity contribution in [2.24, 2.45) is 11.1 Å². The number of carbonyl (C=O) groups is 2. The number of amides is 2. The van der Waals surface area contributed by atoms with Crippen LogP contribution in [-0.2, 0) is 16.1 Å². The first-order valence-corrected chi connectivity index (χ1v) is 8.43. The molecule has 0 aliphatic rings. The van der Waals surface area contributed by atoms with Gasteiger partial charge in [-0.1, -0.05) is 26.0 Å². The smallest absolute Gasteiger partial charge is 0.239 e. The van der Waals surface area contributed by atoms with E-state index in [0.29, 0.717) is 25.9 Å². The quantitative estimate of drug-likeness (QED) is 0.724. The van der Waals surface area contributed by atoms with Gasteiger partial charge >= 0.3 is 0 Å². The molecule has 0 saturated carbocycles. The number of hydrogen-bond donors (Lipinski definition) is 2. The Labute approximate surface area is 143 Å². The first-order valence-electron chi connectivity index (χ1n) is 8.43. The van der Waals surface area contributed by atoms with E-state index in [-0.39, 0.29) is 30.7 Å². The normalized spacial score (nSPS) is 11.2. The summed E-state index contributed by atoms with van der Waals surface area (Å²) >= 11 is 0. The molecule has 3 N–H and O–H groups in total. The molecule has 0 aromatic heterocycles. The molecular weight excluding hydrogens is 309 g/mol. The zero-order valence-corrected chi connectivity index (χ0v) is 14.8. The Balaban J connectivity index is 2.65. The molecule has 0 unspecified atom stereocenters. The van der Waals surface area contributed by atoms with E-state index in [4.69, 9.17) is 5.73 Å². The standard InChI is InChI=1S/C18H28FN3O2/c1-4-18(5-2,13-20)17(24)22(6-3)12-16(23)21-11-14-7-9-15(19)10-8-14/h7-10H,4-6,11-13,20H2,1-3H3,(H,21,23). The molecule has 1 rings (SSSR count). The summed E-state index contributed by atoms with van der Waals surface area (Å²) in [6, 6.07) is 5.93. The fourth-order valence-electron chi connectivity index (χ4n) is 2.62. The summed E-state index contributed by atoms with van der Waals surface area (Å²) in [7, 11) is 0. The highest BCUT2D eigenvalue weighted by molar-refractivity contribution is 5.88. The Kier molecular flexibility index (Phi) is 7.85. The van der Waals surface area contributed by atoms with Crippen molar-refractivity contribution in [3.8, 4) is 0 Å². The second kappa shape index (κ2) is 9.37. The number of nitrogens with two attached hydrogens (primary N) is 1. The van der Waals surface area contributed by atoms with E-state index in [9.17, 15) is 14.0 Å². The van der Waals surface area contributed by atoms with Crippen LogP contribution in [0.5, 0.6) is 0 Å². The van der Waals surface area contributed by atoms with Crippen LogP contribution in [0.25, 0.3) is 0 Å². The van der Waals surface area contributed by atoms with Gasteiger partial charge in [0.25, 0.3) is 0 Å². The van der Waals surface area contributed by atoms with Gasteiger partial charge in [-0.2, -0.15) is 0 Å². The Bertz CT molecular complexity index is 533. The minimum absolute atomic E-state index is 0.00171. The molecule has 0 bridgehead atoms. The third-order valence-corrected chi connectivity index (χ3v) is 4.60. The number of carbonyl (C=O) groups excluding carboxylic acids is 2. The van der Waals surface area contributed by atoms with Crippen LogP contribution in [0.2, 0.25) is 0 Å². The number of hydrogen-bond acceptors (Lipinski definition) is 3. The number of nitrogens with one attached hydrogen (secondary N) is 1. The number of halogens is 1. The topological polar surface area (TPSA) is 75.4 Å². The molecule has 0 atom stereocenters. The molecule has 1 aromatic carbocycles. The lowest BCUT2D eigenvalue weighted by atomic mass is 9.81. The summed E-state index contributed by atoms with van der Waals surface area (Å²) < 4.78 is 12.9. The minimum Gasteiger partial charge on any atom is -0.350 e. The van der Waals surface area contributed by atoms with Gasteiger partial charge in [-0.05, 0) is 37.5 Å². The van der Waals surface area contributed by atoms with Gasteiger partial charge in [0.05, 0.1) is 12.0 Å². The number of likely N-dealkylation sites (N-methyl/N-ethyl adjacent to an activating group) is 1. The highest BCUT2D eigenvalue weighted by Crippen LogP contribution is 2.27. The zero-order valence-electron chi connectivity index (χ0n) is 14.8. The molecule has 1 aromatic rings. The SMILES string of the molecule is CCN(CC(=O)NCc1ccc(F)cc1)C(=O)C(CC)(CC)CN. The highest BCUT2D eigenvalue weighted by atomic mass is 19.1. The number of benzene rings is 1. The van der Waals surface area contributed by atoms with E-state index < -0.39 is 5.41 Å². The molecule has 0 fully saturated rings. The van der Waals surface area contributed by atoms with Crippen molar-refractivity contribution in [2.75, 3.05) is 19.6 Å². The molecule has 24 heavy (non-hydrogen) atoms. The molecule has 0 radical (unpaired) electrons. The minimum atomic E-state index is -0.604. The summed E-state index contributed by atoms with van der Waals surface area (Å²) in [5, 5.41) is 2.76. The molecule has 0 aliphatic heterocycles. The predicted molar refractivity (Wildman–Crippen MR) is 92.6 cm³/mol. The largest absolute Gasteiger partial charge is 0.350 e. The van der Waals surface area contributed by atoms with Crippen LogP contribution in [0, 0.1) is 11.2 Å². The van der Waals surface area contributed by atoms with Gasteiger partial charge in [-0.15, -0.1) is 0 Å². The molecular formula is C18H28FN3O2. The Hall–Kier alpha value is -1.95. The van der Waals surface area contributed by atoms with Crippen molar-refractivity contribution in [1.29, 1.82) is 0 Å². The van der Waals surface area contributed by atoms with Crippen molar-refractivity contribution in [1.82, 2.24) is 10.2 Å². The van der Waals surface area contributed by atoms with Gasteiger partial charge < -0.3 is 16.0 Å². The lowest BCUT2D eigenvalue weighted by molar-refractivity contribution is -0.145. The highest BCUT2D eigenvalue weighted by Gasteiger charge is 2.36. The Morgan fingerprint density at radius 2 is 1.75 bits per heavy atom. The van der Waals surface area contributed by atoms with Gasteiger partial charge in [0.1, 0.15) is 5.82 Å². The lowest BCUT2D eigenvalue weighted by Crippen LogP contribution is -2.50. The van der Waals surface area contributed by atoms with Crippen LogP contribution in [0.15, 0.2) is 24.3 Å². The van der Waals surface area contributed by atoms with Crippen molar-refractivity contribution < 1.29 is 14.0 Å². The Morgan fingerprint density at radius 1 is 1.17 bits per heavy atom. The van der Waals surface area contributed by atoms with Crippen LogP contribution in [0.4, 0.5) is 4.39 Å². The fourth-order valence-corrected chi connectivity index (χ4v) is 2.62. The van der Waals surface area contributed by atoms with E-state index in [1.807, 2.05) is 20.8 Å². The molecule has 5 nitrogen and oxygen atoms in total. The van der Waals surface area contributed by atoms with Crippen molar-refractivity contribution in [3.05, 3.63) is 35.6 Å². The average Bonchev–Trinajstić information content (AvgIpc) is 2.61. The van der Waals surface area contributed by atoms with E-state index >= 15 is 0 Å². The molecule has 2 amide bonds. The van der Waals surface area contributed by atoms with Crippen LogP contribution in [-0.4, -0.2) is 36.3 Å². The first kappa shape index (κ1) is 20.1. The molecule has 0 spiro atoms. The summed E-state index contributed by atoms with van der Waals surface area (Å²) in [5.74, 6) is -0.632. The molecule has 134 valence electrons. The van der Waals surface area contributed by atoms with Crippen molar-refractivity contribution in [2.45, 2.75) is 40.2 Å². The summed E-state index contributed by atoms with van der Waals surface area (Å²) in [5.41, 5.74) is 6.02. The molecule has 6 heteroatoms. The van der Waals surface area contributed by atoms with E-state index in [1.165, 1.54) is 12.1 Å². The zero-order chi connectivity index (χ0) is 18.2. The van der Waals surface area contributed by atoms with Gasteiger partial charge in [-0.25, -0.2) is 4.39 Å². The Morgan fingerprint density at radius 3 is 2.21 bits per heavy atom. The third kappa shape index (κ3) is 5.03. The van der Waals surface area contributed by atoms with Gasteiger partial charge in [0, 0.05) is 19.6 Å². The summed E-state index contributed by atoms with van der Waals surface area (Å²) in [6.45, 7) is 6.75. The van der Waals surface area contributed by atoms with Crippen LogP contribution >= 0.6 is 0 Å². The predicted octanol–water partition coefficient (Wildman–Crippen LogP) is 2.06. The maximum absolute atomic E-state index is 12.9. The monoisotopic (exact) mass is 337 g/mol. The van der Waals surface area contributed by atoms with E-state index in [1.54, 1.807) is 17.0 Å². The van der Waals surface area contributed by atoms with Crippen molar-refractivity contribution >= 4 is 11.8 Å². The summed E-state index contributed by atoms with van der Waals surface area (Å²) in [6.07, 6.45) is 1.29. The van der Waals surface area contributed by atoms with Gasteiger partial charge in [0.15, 0.2) is 0 Å². The van der Waals surface area contributed by atoms with Crippen LogP contribution in [0.1, 0.15) is 39.2 Å². The summed E-state index contributed by atoms with van der Waals surface area (Å²) in [4.78, 5) is 26.4. The first-order chi connectivity index (χ1) is 11.4. The lowest BCUT2D eigenvalue weighted by Gasteiger charge is -2.34. The fraction of sp³-hybridized carbons (Fsp3) is 0.556. The molecule has 0 heterocycles. The van der Waals surface area contributed by atoms with Crippen molar-refractivity contribution in [3.63, 3.8) is 0 Å². The molecule has 0 saturated heterocycles.